The van der Waals surface area contributed by atoms with Gasteiger partial charge in [-0.2, -0.15) is 0 Å². The van der Waals surface area contributed by atoms with Crippen molar-refractivity contribution in [2.45, 2.75) is 31.7 Å². The number of amides is 2. The molecule has 7 heteroatoms. The molecule has 1 aromatic rings. The largest absolute Gasteiger partial charge is 0.493 e. The SMILES string of the molecule is COc1cc(C(=O)N2CCCC(C(=O)NC3CC3)C2)cc(OC)c1OC. The monoisotopic (exact) mass is 362 g/mol. The van der Waals surface area contributed by atoms with Crippen molar-refractivity contribution in [1.82, 2.24) is 10.2 Å². The van der Waals surface area contributed by atoms with Crippen LogP contribution < -0.4 is 19.5 Å². The van der Waals surface area contributed by atoms with E-state index in [1.165, 1.54) is 21.3 Å². The number of carbonyl (C=O) groups excluding carboxylic acids is 2. The number of ether oxygens (including phenoxy) is 3. The molecule has 2 aliphatic rings. The summed E-state index contributed by atoms with van der Waals surface area (Å²) in [5.41, 5.74) is 0.461. The van der Waals surface area contributed by atoms with Crippen LogP contribution in [0, 0.1) is 5.92 Å². The van der Waals surface area contributed by atoms with E-state index in [1.807, 2.05) is 0 Å². The maximum absolute atomic E-state index is 13.0. The van der Waals surface area contributed by atoms with Gasteiger partial charge in [0.15, 0.2) is 11.5 Å². The fraction of sp³-hybridized carbons (Fsp3) is 0.579. The molecular weight excluding hydrogens is 336 g/mol. The van der Waals surface area contributed by atoms with Crippen LogP contribution in [0.15, 0.2) is 12.1 Å². The molecule has 1 saturated heterocycles. The van der Waals surface area contributed by atoms with Gasteiger partial charge in [0, 0.05) is 24.7 Å². The number of rotatable bonds is 6. The van der Waals surface area contributed by atoms with Crippen LogP contribution in [0.3, 0.4) is 0 Å². The molecule has 1 N–H and O–H groups in total. The van der Waals surface area contributed by atoms with Crippen molar-refractivity contribution in [3.05, 3.63) is 17.7 Å². The van der Waals surface area contributed by atoms with Gasteiger partial charge in [-0.05, 0) is 37.8 Å². The van der Waals surface area contributed by atoms with E-state index in [4.69, 9.17) is 14.2 Å². The van der Waals surface area contributed by atoms with E-state index < -0.39 is 0 Å². The third kappa shape index (κ3) is 3.86. The van der Waals surface area contributed by atoms with Crippen molar-refractivity contribution in [3.8, 4) is 17.2 Å². The Hall–Kier alpha value is -2.44. The van der Waals surface area contributed by atoms with Gasteiger partial charge in [0.25, 0.3) is 5.91 Å². The molecule has 26 heavy (non-hydrogen) atoms. The molecule has 1 heterocycles. The number of nitrogens with zero attached hydrogens (tertiary/aromatic N) is 1. The van der Waals surface area contributed by atoms with E-state index in [0.29, 0.717) is 41.9 Å². The Balaban J connectivity index is 1.76. The normalized spacial score (nSPS) is 19.7. The van der Waals surface area contributed by atoms with Gasteiger partial charge in [-0.3, -0.25) is 9.59 Å². The molecule has 0 spiro atoms. The average molecular weight is 362 g/mol. The first-order valence-electron chi connectivity index (χ1n) is 8.97. The van der Waals surface area contributed by atoms with Crippen LogP contribution in [0.5, 0.6) is 17.2 Å². The molecule has 142 valence electrons. The van der Waals surface area contributed by atoms with Crippen molar-refractivity contribution in [2.24, 2.45) is 5.92 Å². The van der Waals surface area contributed by atoms with E-state index in [-0.39, 0.29) is 17.7 Å². The Morgan fingerprint density at radius 3 is 2.23 bits per heavy atom. The zero-order chi connectivity index (χ0) is 18.7. The second kappa shape index (κ2) is 7.85. The van der Waals surface area contributed by atoms with Crippen molar-refractivity contribution in [3.63, 3.8) is 0 Å². The topological polar surface area (TPSA) is 77.1 Å². The quantitative estimate of drug-likeness (QED) is 0.836. The number of benzene rings is 1. The number of likely N-dealkylation sites (tertiary alicyclic amines) is 1. The van der Waals surface area contributed by atoms with Gasteiger partial charge in [-0.1, -0.05) is 0 Å². The van der Waals surface area contributed by atoms with E-state index in [1.54, 1.807) is 17.0 Å². The minimum Gasteiger partial charge on any atom is -0.493 e. The number of piperidine rings is 1. The van der Waals surface area contributed by atoms with Crippen LogP contribution in [0.25, 0.3) is 0 Å². The highest BCUT2D eigenvalue weighted by Gasteiger charge is 2.32. The molecule has 1 atom stereocenters. The maximum Gasteiger partial charge on any atom is 0.254 e. The van der Waals surface area contributed by atoms with E-state index in [0.717, 1.165) is 25.7 Å². The highest BCUT2D eigenvalue weighted by Crippen LogP contribution is 2.38. The molecule has 0 aromatic heterocycles. The fourth-order valence-corrected chi connectivity index (χ4v) is 3.31. The van der Waals surface area contributed by atoms with Crippen molar-refractivity contribution in [1.29, 1.82) is 0 Å². The van der Waals surface area contributed by atoms with Gasteiger partial charge in [0.05, 0.1) is 27.2 Å². The van der Waals surface area contributed by atoms with Crippen LogP contribution in [0.2, 0.25) is 0 Å². The molecule has 1 saturated carbocycles. The first-order valence-corrected chi connectivity index (χ1v) is 8.97. The van der Waals surface area contributed by atoms with Gasteiger partial charge in [-0.15, -0.1) is 0 Å². The summed E-state index contributed by atoms with van der Waals surface area (Å²) in [5.74, 6) is 1.12. The lowest BCUT2D eigenvalue weighted by Crippen LogP contribution is -2.45. The van der Waals surface area contributed by atoms with E-state index in [9.17, 15) is 9.59 Å². The summed E-state index contributed by atoms with van der Waals surface area (Å²) < 4.78 is 16.0. The summed E-state index contributed by atoms with van der Waals surface area (Å²) in [6, 6.07) is 3.64. The van der Waals surface area contributed by atoms with Crippen LogP contribution >= 0.6 is 0 Å². The fourth-order valence-electron chi connectivity index (χ4n) is 3.31. The molecule has 2 fully saturated rings. The molecule has 0 radical (unpaired) electrons. The highest BCUT2D eigenvalue weighted by atomic mass is 16.5. The minimum atomic E-state index is -0.143. The lowest BCUT2D eigenvalue weighted by molar-refractivity contribution is -0.126. The maximum atomic E-state index is 13.0. The smallest absolute Gasteiger partial charge is 0.254 e. The summed E-state index contributed by atoms with van der Waals surface area (Å²) in [7, 11) is 4.56. The summed E-state index contributed by atoms with van der Waals surface area (Å²) in [6.07, 6.45) is 3.76. The summed E-state index contributed by atoms with van der Waals surface area (Å²) in [6.45, 7) is 1.08. The number of hydrogen-bond donors (Lipinski definition) is 1. The number of methoxy groups -OCH3 is 3. The summed E-state index contributed by atoms with van der Waals surface area (Å²) in [5, 5.41) is 3.04. The Morgan fingerprint density at radius 1 is 1.04 bits per heavy atom. The molecular formula is C19H26N2O5. The Morgan fingerprint density at radius 2 is 1.69 bits per heavy atom. The Labute approximate surface area is 153 Å². The van der Waals surface area contributed by atoms with Crippen molar-refractivity contribution < 1.29 is 23.8 Å². The third-order valence-corrected chi connectivity index (χ3v) is 4.91. The first kappa shape index (κ1) is 18.4. The summed E-state index contributed by atoms with van der Waals surface area (Å²) >= 11 is 0. The van der Waals surface area contributed by atoms with Crippen LogP contribution in [0.1, 0.15) is 36.0 Å². The lowest BCUT2D eigenvalue weighted by Gasteiger charge is -2.32. The standard InChI is InChI=1S/C19H26N2O5/c1-24-15-9-13(10-16(25-2)17(15)26-3)19(23)21-8-4-5-12(11-21)18(22)20-14-6-7-14/h9-10,12,14H,4-8,11H2,1-3H3,(H,20,22). The number of nitrogens with one attached hydrogen (secondary N) is 1. The van der Waals surface area contributed by atoms with E-state index in [2.05, 4.69) is 5.32 Å². The van der Waals surface area contributed by atoms with Gasteiger partial charge in [0.2, 0.25) is 11.7 Å². The van der Waals surface area contributed by atoms with Gasteiger partial charge in [-0.25, -0.2) is 0 Å². The number of carbonyl (C=O) groups is 2. The summed E-state index contributed by atoms with van der Waals surface area (Å²) in [4.78, 5) is 27.1. The molecule has 2 amide bonds. The highest BCUT2D eigenvalue weighted by molar-refractivity contribution is 5.96. The predicted octanol–water partition coefficient (Wildman–Crippen LogP) is 1.84. The van der Waals surface area contributed by atoms with Gasteiger partial charge in [0.1, 0.15) is 0 Å². The van der Waals surface area contributed by atoms with Crippen molar-refractivity contribution >= 4 is 11.8 Å². The molecule has 1 aromatic carbocycles. The molecule has 0 bridgehead atoms. The third-order valence-electron chi connectivity index (χ3n) is 4.91. The van der Waals surface area contributed by atoms with Crippen LogP contribution in [-0.2, 0) is 4.79 Å². The number of hydrogen-bond acceptors (Lipinski definition) is 5. The lowest BCUT2D eigenvalue weighted by atomic mass is 9.96. The zero-order valence-corrected chi connectivity index (χ0v) is 15.5. The van der Waals surface area contributed by atoms with Crippen molar-refractivity contribution in [2.75, 3.05) is 34.4 Å². The van der Waals surface area contributed by atoms with Gasteiger partial charge >= 0.3 is 0 Å². The Bertz CT molecular complexity index is 662. The molecule has 1 aliphatic carbocycles. The van der Waals surface area contributed by atoms with Crippen LogP contribution in [0.4, 0.5) is 0 Å². The zero-order valence-electron chi connectivity index (χ0n) is 15.5. The second-order valence-corrected chi connectivity index (χ2v) is 6.79. The first-order chi connectivity index (χ1) is 12.6. The Kier molecular flexibility index (Phi) is 5.54. The predicted molar refractivity (Wildman–Crippen MR) is 95.9 cm³/mol. The molecule has 1 unspecified atom stereocenters. The molecule has 1 aliphatic heterocycles. The second-order valence-electron chi connectivity index (χ2n) is 6.79. The van der Waals surface area contributed by atoms with Gasteiger partial charge < -0.3 is 24.4 Å². The van der Waals surface area contributed by atoms with E-state index >= 15 is 0 Å². The average Bonchev–Trinajstić information content (AvgIpc) is 3.50. The molecule has 3 rings (SSSR count). The van der Waals surface area contributed by atoms with Crippen LogP contribution in [-0.4, -0.2) is 57.2 Å². The molecule has 7 nitrogen and oxygen atoms in total. The minimum absolute atomic E-state index is 0.0647.